The number of nitrogens with zero attached hydrogens (tertiary/aromatic N) is 3. The molecule has 3 amide bonds. The Hall–Kier alpha value is -2.73. The minimum Gasteiger partial charge on any atom is -0.444 e. The number of amides is 3. The Morgan fingerprint density at radius 1 is 1.24 bits per heavy atom. The van der Waals surface area contributed by atoms with Gasteiger partial charge in [0.15, 0.2) is 0 Å². The van der Waals surface area contributed by atoms with E-state index in [9.17, 15) is 9.59 Å². The summed E-state index contributed by atoms with van der Waals surface area (Å²) in [4.78, 5) is 25.6. The third-order valence-electron chi connectivity index (χ3n) is 2.20. The van der Waals surface area contributed by atoms with Crippen molar-refractivity contribution in [1.29, 1.82) is 0 Å². The molecule has 0 radical (unpaired) electrons. The first-order valence-electron chi connectivity index (χ1n) is 6.22. The molecule has 1 aromatic carbocycles. The Morgan fingerprint density at radius 3 is 2.38 bits per heavy atom. The Kier molecular flexibility index (Phi) is 5.57. The smallest absolute Gasteiger partial charge is 0.409 e. The SMILES string of the molecule is CC(C)(C)OC(=O)N[C@H](NC(=O)N=[N+]=[N-])c1ccccc1. The van der Waals surface area contributed by atoms with Gasteiger partial charge in [-0.15, -0.1) is 0 Å². The van der Waals surface area contributed by atoms with E-state index < -0.39 is 23.9 Å². The van der Waals surface area contributed by atoms with Crippen LogP contribution in [-0.4, -0.2) is 17.7 Å². The molecule has 8 heteroatoms. The second-order valence-corrected chi connectivity index (χ2v) is 5.13. The largest absolute Gasteiger partial charge is 0.444 e. The quantitative estimate of drug-likeness (QED) is 0.385. The molecule has 1 rings (SSSR count). The van der Waals surface area contributed by atoms with E-state index in [4.69, 9.17) is 10.3 Å². The molecular weight excluding hydrogens is 274 g/mol. The molecular formula is C13H17N5O3. The van der Waals surface area contributed by atoms with Crippen LogP contribution in [0.2, 0.25) is 0 Å². The van der Waals surface area contributed by atoms with E-state index in [1.165, 1.54) is 0 Å². The van der Waals surface area contributed by atoms with E-state index in [1.54, 1.807) is 51.1 Å². The van der Waals surface area contributed by atoms with Crippen molar-refractivity contribution in [1.82, 2.24) is 10.6 Å². The molecule has 1 atom stereocenters. The molecule has 0 saturated carbocycles. The highest BCUT2D eigenvalue weighted by atomic mass is 16.6. The molecule has 0 heterocycles. The van der Waals surface area contributed by atoms with Gasteiger partial charge in [-0.3, -0.25) is 10.1 Å². The first-order chi connectivity index (χ1) is 9.81. The van der Waals surface area contributed by atoms with Crippen molar-refractivity contribution in [3.05, 3.63) is 46.3 Å². The molecule has 0 fully saturated rings. The van der Waals surface area contributed by atoms with Crippen molar-refractivity contribution in [3.63, 3.8) is 0 Å². The molecule has 0 unspecified atom stereocenters. The topological polar surface area (TPSA) is 116 Å². The van der Waals surface area contributed by atoms with E-state index in [0.29, 0.717) is 5.56 Å². The van der Waals surface area contributed by atoms with Crippen LogP contribution in [0.4, 0.5) is 9.59 Å². The molecule has 0 aromatic heterocycles. The van der Waals surface area contributed by atoms with Gasteiger partial charge >= 0.3 is 12.1 Å². The number of carbonyl (C=O) groups is 2. The first-order valence-corrected chi connectivity index (χ1v) is 6.22. The lowest BCUT2D eigenvalue weighted by Gasteiger charge is -2.24. The number of azide groups is 1. The zero-order valence-corrected chi connectivity index (χ0v) is 12.0. The van der Waals surface area contributed by atoms with E-state index in [2.05, 4.69) is 20.7 Å². The molecule has 1 aromatic rings. The number of carbonyl (C=O) groups excluding carboxylic acids is 2. The minimum absolute atomic E-state index is 0.616. The van der Waals surface area contributed by atoms with Crippen LogP contribution in [0.5, 0.6) is 0 Å². The molecule has 0 saturated heterocycles. The fourth-order valence-electron chi connectivity index (χ4n) is 1.47. The predicted molar refractivity (Wildman–Crippen MR) is 76.2 cm³/mol. The Morgan fingerprint density at radius 2 is 1.86 bits per heavy atom. The van der Waals surface area contributed by atoms with Gasteiger partial charge < -0.3 is 10.1 Å². The molecule has 0 spiro atoms. The summed E-state index contributed by atoms with van der Waals surface area (Å²) in [5.41, 5.74) is 8.19. The summed E-state index contributed by atoms with van der Waals surface area (Å²) in [6, 6.07) is 7.81. The second kappa shape index (κ2) is 7.16. The van der Waals surface area contributed by atoms with Gasteiger partial charge in [-0.1, -0.05) is 30.3 Å². The van der Waals surface area contributed by atoms with Gasteiger partial charge in [0.2, 0.25) is 0 Å². The first kappa shape index (κ1) is 16.3. The monoisotopic (exact) mass is 291 g/mol. The lowest BCUT2D eigenvalue weighted by atomic mass is 10.2. The van der Waals surface area contributed by atoms with Gasteiger partial charge in [-0.25, -0.2) is 4.79 Å². The number of nitrogens with one attached hydrogen (secondary N) is 2. The van der Waals surface area contributed by atoms with Crippen molar-refractivity contribution < 1.29 is 14.3 Å². The number of benzene rings is 1. The van der Waals surface area contributed by atoms with Gasteiger partial charge in [0, 0.05) is 10.0 Å². The van der Waals surface area contributed by atoms with Gasteiger partial charge in [-0.2, -0.15) is 0 Å². The van der Waals surface area contributed by atoms with E-state index in [0.717, 1.165) is 0 Å². The number of urea groups is 1. The molecule has 0 aliphatic carbocycles. The summed E-state index contributed by atoms with van der Waals surface area (Å²) in [6.07, 6.45) is -1.56. The van der Waals surface area contributed by atoms with Crippen LogP contribution in [0.25, 0.3) is 10.4 Å². The summed E-state index contributed by atoms with van der Waals surface area (Å²) in [7, 11) is 0. The van der Waals surface area contributed by atoms with Crippen molar-refractivity contribution in [2.75, 3.05) is 0 Å². The number of hydrogen-bond donors (Lipinski definition) is 2. The van der Waals surface area contributed by atoms with Crippen LogP contribution in [0.15, 0.2) is 35.4 Å². The van der Waals surface area contributed by atoms with Crippen LogP contribution < -0.4 is 10.6 Å². The fraction of sp³-hybridized carbons (Fsp3) is 0.385. The molecule has 0 bridgehead atoms. The van der Waals surface area contributed by atoms with Crippen molar-refractivity contribution in [3.8, 4) is 0 Å². The molecule has 0 aliphatic heterocycles. The van der Waals surface area contributed by atoms with Crippen LogP contribution >= 0.6 is 0 Å². The van der Waals surface area contributed by atoms with Crippen molar-refractivity contribution in [2.45, 2.75) is 32.5 Å². The average molecular weight is 291 g/mol. The third-order valence-corrected chi connectivity index (χ3v) is 2.20. The molecule has 112 valence electrons. The lowest BCUT2D eigenvalue weighted by Crippen LogP contribution is -2.42. The summed E-state index contributed by atoms with van der Waals surface area (Å²) < 4.78 is 5.13. The highest BCUT2D eigenvalue weighted by Gasteiger charge is 2.21. The highest BCUT2D eigenvalue weighted by Crippen LogP contribution is 2.12. The maximum absolute atomic E-state index is 11.8. The third kappa shape index (κ3) is 6.31. The van der Waals surface area contributed by atoms with Crippen LogP contribution in [0.3, 0.4) is 0 Å². The number of ether oxygens (including phenoxy) is 1. The van der Waals surface area contributed by atoms with Gasteiger partial charge in [-0.05, 0) is 31.9 Å². The van der Waals surface area contributed by atoms with Gasteiger partial charge in [0.25, 0.3) is 0 Å². The average Bonchev–Trinajstić information content (AvgIpc) is 2.37. The van der Waals surface area contributed by atoms with Crippen LogP contribution in [0.1, 0.15) is 32.5 Å². The van der Waals surface area contributed by atoms with Gasteiger partial charge in [0.1, 0.15) is 11.8 Å². The van der Waals surface area contributed by atoms with E-state index >= 15 is 0 Å². The highest BCUT2D eigenvalue weighted by molar-refractivity contribution is 5.76. The Balaban J connectivity index is 2.85. The molecule has 0 aliphatic rings. The van der Waals surface area contributed by atoms with Gasteiger partial charge in [0.05, 0.1) is 0 Å². The molecule has 21 heavy (non-hydrogen) atoms. The zero-order valence-electron chi connectivity index (χ0n) is 12.0. The number of alkyl carbamates (subject to hydrolysis) is 1. The molecule has 8 nitrogen and oxygen atoms in total. The van der Waals surface area contributed by atoms with Crippen LogP contribution in [0, 0.1) is 0 Å². The standard InChI is InChI=1S/C13H17N5O3/c1-13(2,3)21-12(20)16-10(15-11(19)17-18-14)9-7-5-4-6-8-9/h4-8,10H,1-3H3,(H,15,19)(H,16,20)/t10-/m0/s1. The van der Waals surface area contributed by atoms with Crippen LogP contribution in [-0.2, 0) is 4.74 Å². The number of hydrogen-bond acceptors (Lipinski definition) is 3. The summed E-state index contributed by atoms with van der Waals surface area (Å²) in [6.45, 7) is 5.17. The Bertz CT molecular complexity index is 547. The van der Waals surface area contributed by atoms with E-state index in [1.807, 2.05) is 0 Å². The van der Waals surface area contributed by atoms with Crippen molar-refractivity contribution >= 4 is 12.1 Å². The normalized spacial score (nSPS) is 11.8. The maximum Gasteiger partial charge on any atom is 0.409 e. The fourth-order valence-corrected chi connectivity index (χ4v) is 1.47. The summed E-state index contributed by atoms with van der Waals surface area (Å²) in [5, 5.41) is 7.79. The van der Waals surface area contributed by atoms with E-state index in [-0.39, 0.29) is 0 Å². The Labute approximate surface area is 122 Å². The zero-order chi connectivity index (χ0) is 15.9. The predicted octanol–water partition coefficient (Wildman–Crippen LogP) is 3.23. The minimum atomic E-state index is -0.901. The number of rotatable bonds is 3. The second-order valence-electron chi connectivity index (χ2n) is 5.13. The molecule has 2 N–H and O–H groups in total. The summed E-state index contributed by atoms with van der Waals surface area (Å²) >= 11 is 0. The lowest BCUT2D eigenvalue weighted by molar-refractivity contribution is 0.0498. The summed E-state index contributed by atoms with van der Waals surface area (Å²) in [5.74, 6) is 0. The van der Waals surface area contributed by atoms with Crippen molar-refractivity contribution in [2.24, 2.45) is 5.11 Å². The maximum atomic E-state index is 11.8.